The molecule has 0 aliphatic carbocycles. The van der Waals surface area contributed by atoms with Gasteiger partial charge in [-0.05, 0) is 54.4 Å². The van der Waals surface area contributed by atoms with Crippen molar-refractivity contribution < 1.29 is 14.7 Å². The summed E-state index contributed by atoms with van der Waals surface area (Å²) < 4.78 is 0. The predicted octanol–water partition coefficient (Wildman–Crippen LogP) is 4.17. The van der Waals surface area contributed by atoms with Gasteiger partial charge in [-0.15, -0.1) is 0 Å². The molecule has 0 heterocycles. The molecular weight excluding hydrogens is 402 g/mol. The lowest BCUT2D eigenvalue weighted by atomic mass is 10.1. The van der Waals surface area contributed by atoms with Crippen LogP contribution in [0.1, 0.15) is 34.5 Å². The lowest BCUT2D eigenvalue weighted by molar-refractivity contribution is -0.129. The van der Waals surface area contributed by atoms with E-state index in [4.69, 9.17) is 11.6 Å². The lowest BCUT2D eigenvalue weighted by Crippen LogP contribution is -2.26. The maximum atomic E-state index is 12.4. The van der Waals surface area contributed by atoms with Crippen molar-refractivity contribution in [1.29, 1.82) is 0 Å². The molecule has 7 heteroatoms. The molecule has 30 heavy (non-hydrogen) atoms. The van der Waals surface area contributed by atoms with E-state index < -0.39 is 12.0 Å². The minimum absolute atomic E-state index is 0.266. The average Bonchev–Trinajstić information content (AvgIpc) is 2.78. The van der Waals surface area contributed by atoms with Crippen molar-refractivity contribution in [3.8, 4) is 0 Å². The first-order valence-electron chi connectivity index (χ1n) is 9.18. The summed E-state index contributed by atoms with van der Waals surface area (Å²) in [4.78, 5) is 24.5. The van der Waals surface area contributed by atoms with Crippen LogP contribution in [-0.4, -0.2) is 22.6 Å². The molecule has 2 amide bonds. The van der Waals surface area contributed by atoms with Gasteiger partial charge in [0.1, 0.15) is 0 Å². The summed E-state index contributed by atoms with van der Waals surface area (Å²) in [5.74, 6) is -0.898. The fourth-order valence-electron chi connectivity index (χ4n) is 2.68. The monoisotopic (exact) mass is 421 g/mol. The van der Waals surface area contributed by atoms with Gasteiger partial charge in [0.2, 0.25) is 0 Å². The first kappa shape index (κ1) is 21.2. The summed E-state index contributed by atoms with van der Waals surface area (Å²) in [5, 5.41) is 17.5. The topological polar surface area (TPSA) is 90.8 Å². The summed E-state index contributed by atoms with van der Waals surface area (Å²) >= 11 is 5.85. The van der Waals surface area contributed by atoms with Gasteiger partial charge < -0.3 is 10.4 Å². The van der Waals surface area contributed by atoms with Crippen LogP contribution in [0.3, 0.4) is 0 Å². The predicted molar refractivity (Wildman–Crippen MR) is 118 cm³/mol. The van der Waals surface area contributed by atoms with Crippen LogP contribution in [0, 0.1) is 0 Å². The van der Waals surface area contributed by atoms with Crippen molar-refractivity contribution in [2.45, 2.75) is 13.0 Å². The Bertz CT molecular complexity index is 1070. The van der Waals surface area contributed by atoms with E-state index >= 15 is 0 Å². The zero-order chi connectivity index (χ0) is 21.5. The van der Waals surface area contributed by atoms with Crippen molar-refractivity contribution in [2.24, 2.45) is 5.10 Å². The first-order valence-corrected chi connectivity index (χ1v) is 9.56. The highest BCUT2D eigenvalue weighted by Gasteiger charge is 2.16. The maximum absolute atomic E-state index is 12.4. The third-order valence-corrected chi connectivity index (χ3v) is 4.59. The van der Waals surface area contributed by atoms with E-state index in [0.717, 1.165) is 0 Å². The van der Waals surface area contributed by atoms with Gasteiger partial charge in [-0.1, -0.05) is 54.1 Å². The fourth-order valence-corrected chi connectivity index (χ4v) is 2.80. The van der Waals surface area contributed by atoms with Gasteiger partial charge in [-0.25, -0.2) is 5.43 Å². The quantitative estimate of drug-likeness (QED) is 0.412. The molecule has 0 saturated carbocycles. The number of hydrogen-bond acceptors (Lipinski definition) is 4. The molecule has 1 atom stereocenters. The van der Waals surface area contributed by atoms with Gasteiger partial charge >= 0.3 is 0 Å². The number of anilines is 1. The van der Waals surface area contributed by atoms with Crippen LogP contribution >= 0.6 is 11.6 Å². The van der Waals surface area contributed by atoms with Gasteiger partial charge in [0.05, 0.1) is 5.71 Å². The largest absolute Gasteiger partial charge is 0.378 e. The molecule has 0 radical (unpaired) electrons. The van der Waals surface area contributed by atoms with Crippen molar-refractivity contribution in [1.82, 2.24) is 5.43 Å². The van der Waals surface area contributed by atoms with Crippen LogP contribution < -0.4 is 10.7 Å². The van der Waals surface area contributed by atoms with E-state index in [1.54, 1.807) is 85.8 Å². The van der Waals surface area contributed by atoms with Crippen molar-refractivity contribution >= 4 is 34.8 Å². The molecule has 3 N–H and O–H groups in total. The Morgan fingerprint density at radius 2 is 1.63 bits per heavy atom. The molecule has 3 aromatic rings. The van der Waals surface area contributed by atoms with Crippen molar-refractivity contribution in [2.75, 3.05) is 5.32 Å². The molecule has 1 unspecified atom stereocenters. The van der Waals surface area contributed by atoms with E-state index in [-0.39, 0.29) is 5.91 Å². The van der Waals surface area contributed by atoms with Crippen LogP contribution in [0.25, 0.3) is 0 Å². The van der Waals surface area contributed by atoms with E-state index in [1.807, 2.05) is 0 Å². The number of hydrazone groups is 1. The zero-order valence-electron chi connectivity index (χ0n) is 16.2. The minimum Gasteiger partial charge on any atom is -0.378 e. The molecular formula is C23H20ClN3O3. The molecule has 0 saturated heterocycles. The SMILES string of the molecule is C/C(=N\NC(=O)C(O)c1ccccc1)c1cccc(NC(=O)c2ccc(Cl)cc2)c1. The number of halogens is 1. The molecule has 0 spiro atoms. The van der Waals surface area contributed by atoms with Crippen LogP contribution in [0.5, 0.6) is 0 Å². The standard InChI is InChI=1S/C23H20ClN3O3/c1-15(26-27-23(30)21(28)16-6-3-2-4-7-16)18-8-5-9-20(14-18)25-22(29)17-10-12-19(24)13-11-17/h2-14,21,28H,1H3,(H,25,29)(H,27,30)/b26-15+. The van der Waals surface area contributed by atoms with Gasteiger partial charge in [-0.2, -0.15) is 5.10 Å². The van der Waals surface area contributed by atoms with Crippen LogP contribution in [0.15, 0.2) is 84.0 Å². The Balaban J connectivity index is 1.66. The number of hydrogen-bond donors (Lipinski definition) is 3. The number of rotatable bonds is 6. The highest BCUT2D eigenvalue weighted by molar-refractivity contribution is 6.30. The van der Waals surface area contributed by atoms with Crippen LogP contribution in [-0.2, 0) is 4.79 Å². The Hall–Kier alpha value is -3.48. The number of aliphatic hydroxyl groups excluding tert-OH is 1. The summed E-state index contributed by atoms with van der Waals surface area (Å²) in [5.41, 5.74) is 5.14. The van der Waals surface area contributed by atoms with Gasteiger partial charge in [-0.3, -0.25) is 9.59 Å². The second kappa shape index (κ2) is 9.82. The number of benzene rings is 3. The normalized spacial score (nSPS) is 12.2. The highest BCUT2D eigenvalue weighted by atomic mass is 35.5. The molecule has 6 nitrogen and oxygen atoms in total. The average molecular weight is 422 g/mol. The Labute approximate surface area is 179 Å². The summed E-state index contributed by atoms with van der Waals surface area (Å²) in [6.07, 6.45) is -1.31. The molecule has 0 aliphatic heterocycles. The summed E-state index contributed by atoms with van der Waals surface area (Å²) in [7, 11) is 0. The maximum Gasteiger partial charge on any atom is 0.273 e. The number of amides is 2. The van der Waals surface area contributed by atoms with E-state index in [1.165, 1.54) is 0 Å². The Kier molecular flexibility index (Phi) is 6.95. The molecule has 3 aromatic carbocycles. The van der Waals surface area contributed by atoms with Crippen molar-refractivity contribution in [3.63, 3.8) is 0 Å². The molecule has 152 valence electrons. The lowest BCUT2D eigenvalue weighted by Gasteiger charge is -2.10. The summed E-state index contributed by atoms with van der Waals surface area (Å²) in [6, 6.07) is 22.2. The molecule has 0 fully saturated rings. The third-order valence-electron chi connectivity index (χ3n) is 4.34. The number of nitrogens with zero attached hydrogens (tertiary/aromatic N) is 1. The van der Waals surface area contributed by atoms with Gasteiger partial charge in [0.15, 0.2) is 6.10 Å². The Morgan fingerprint density at radius 3 is 2.33 bits per heavy atom. The number of carbonyl (C=O) groups is 2. The molecule has 0 aliphatic rings. The third kappa shape index (κ3) is 5.53. The number of nitrogens with one attached hydrogen (secondary N) is 2. The number of aliphatic hydroxyl groups is 1. The van der Waals surface area contributed by atoms with Crippen molar-refractivity contribution in [3.05, 3.63) is 101 Å². The second-order valence-corrected chi connectivity index (χ2v) is 6.96. The van der Waals surface area contributed by atoms with E-state index in [0.29, 0.717) is 33.1 Å². The van der Waals surface area contributed by atoms with Gasteiger partial charge in [0.25, 0.3) is 11.8 Å². The Morgan fingerprint density at radius 1 is 0.933 bits per heavy atom. The van der Waals surface area contributed by atoms with E-state index in [2.05, 4.69) is 15.8 Å². The van der Waals surface area contributed by atoms with E-state index in [9.17, 15) is 14.7 Å². The van der Waals surface area contributed by atoms with Crippen LogP contribution in [0.2, 0.25) is 5.02 Å². The van der Waals surface area contributed by atoms with Gasteiger partial charge in [0, 0.05) is 16.3 Å². The second-order valence-electron chi connectivity index (χ2n) is 6.53. The molecule has 0 aromatic heterocycles. The highest BCUT2D eigenvalue weighted by Crippen LogP contribution is 2.15. The smallest absolute Gasteiger partial charge is 0.273 e. The zero-order valence-corrected chi connectivity index (χ0v) is 16.9. The summed E-state index contributed by atoms with van der Waals surface area (Å²) in [6.45, 7) is 1.72. The molecule has 0 bridgehead atoms. The number of carbonyl (C=O) groups excluding carboxylic acids is 2. The van der Waals surface area contributed by atoms with Crippen LogP contribution in [0.4, 0.5) is 5.69 Å². The fraction of sp³-hybridized carbons (Fsp3) is 0.0870. The molecule has 3 rings (SSSR count). The first-order chi connectivity index (χ1) is 14.4. The minimum atomic E-state index is -1.31.